The molecular weight excluding hydrogens is 352 g/mol. The quantitative estimate of drug-likeness (QED) is 0.724. The number of allylic oxidation sites excluding steroid dienone is 1. The number of aromatic nitrogens is 1. The molecule has 0 saturated carbocycles. The number of aromatic hydroxyl groups is 1. The first-order valence-electron chi connectivity index (χ1n) is 9.87. The molecule has 0 spiro atoms. The molecule has 0 saturated heterocycles. The highest BCUT2D eigenvalue weighted by atomic mass is 16.5. The minimum atomic E-state index is -0.151. The van der Waals surface area contributed by atoms with Crippen molar-refractivity contribution < 1.29 is 19.5 Å². The highest BCUT2D eigenvalue weighted by molar-refractivity contribution is 6.14. The van der Waals surface area contributed by atoms with Crippen molar-refractivity contribution in [2.24, 2.45) is 11.8 Å². The Labute approximate surface area is 166 Å². The van der Waals surface area contributed by atoms with Gasteiger partial charge in [-0.3, -0.25) is 9.78 Å². The molecule has 5 heteroatoms. The molecule has 3 rings (SSSR count). The van der Waals surface area contributed by atoms with Crippen molar-refractivity contribution in [1.29, 1.82) is 0 Å². The maximum Gasteiger partial charge on any atom is 0.231 e. The fourth-order valence-electron chi connectivity index (χ4n) is 3.71. The summed E-state index contributed by atoms with van der Waals surface area (Å²) in [5.74, 6) is 1.89. The molecule has 2 heterocycles. The number of nitrogens with zero attached hydrogens (tertiary/aromatic N) is 1. The largest absolute Gasteiger partial charge is 0.507 e. The molecule has 1 aromatic carbocycles. The zero-order valence-corrected chi connectivity index (χ0v) is 17.0. The Balaban J connectivity index is 1.92. The molecule has 2 aromatic rings. The molecule has 148 valence electrons. The van der Waals surface area contributed by atoms with Gasteiger partial charge in [-0.2, -0.15) is 0 Å². The Morgan fingerprint density at radius 3 is 2.32 bits per heavy atom. The average Bonchev–Trinajstić information content (AvgIpc) is 2.93. The Bertz CT molecular complexity index is 863. The van der Waals surface area contributed by atoms with Crippen LogP contribution in [0.3, 0.4) is 0 Å². The molecule has 0 atom stereocenters. The molecule has 0 fully saturated rings. The van der Waals surface area contributed by atoms with E-state index in [4.69, 9.17) is 4.74 Å². The van der Waals surface area contributed by atoms with E-state index in [-0.39, 0.29) is 17.3 Å². The van der Waals surface area contributed by atoms with Crippen LogP contribution in [0.15, 0.2) is 42.4 Å². The fourth-order valence-corrected chi connectivity index (χ4v) is 3.71. The molecule has 28 heavy (non-hydrogen) atoms. The predicted octanol–water partition coefficient (Wildman–Crippen LogP) is 3.10. The lowest BCUT2D eigenvalue weighted by atomic mass is 10.0. The number of phenols is 1. The lowest BCUT2D eigenvalue weighted by Crippen LogP contribution is -3.11. The van der Waals surface area contributed by atoms with Gasteiger partial charge in [-0.05, 0) is 35.9 Å². The van der Waals surface area contributed by atoms with Crippen LogP contribution < -0.4 is 9.64 Å². The number of carbonyl (C=O) groups is 1. The third kappa shape index (κ3) is 4.60. The number of hydrogen-bond donors (Lipinski definition) is 2. The summed E-state index contributed by atoms with van der Waals surface area (Å²) in [7, 11) is 0. The topological polar surface area (TPSA) is 63.9 Å². The monoisotopic (exact) mass is 381 g/mol. The summed E-state index contributed by atoms with van der Waals surface area (Å²) < 4.78 is 5.96. The maximum atomic E-state index is 12.8. The van der Waals surface area contributed by atoms with Gasteiger partial charge in [0.25, 0.3) is 0 Å². The number of phenolic OH excluding ortho intramolecular Hbond substituents is 1. The van der Waals surface area contributed by atoms with E-state index in [1.165, 1.54) is 4.90 Å². The fraction of sp³-hybridized carbons (Fsp3) is 0.391. The summed E-state index contributed by atoms with van der Waals surface area (Å²) in [6.07, 6.45) is 5.07. The van der Waals surface area contributed by atoms with Crippen LogP contribution in [0, 0.1) is 11.8 Å². The first kappa shape index (κ1) is 20.1. The summed E-state index contributed by atoms with van der Waals surface area (Å²) in [4.78, 5) is 18.2. The molecule has 0 unspecified atom stereocenters. The molecule has 5 nitrogen and oxygen atoms in total. The smallest absolute Gasteiger partial charge is 0.231 e. The van der Waals surface area contributed by atoms with Gasteiger partial charge in [0.15, 0.2) is 11.5 Å². The normalized spacial score (nSPS) is 15.0. The summed E-state index contributed by atoms with van der Waals surface area (Å²) in [5, 5.41) is 10.5. The first-order chi connectivity index (χ1) is 13.3. The Kier molecular flexibility index (Phi) is 6.15. The van der Waals surface area contributed by atoms with Crippen LogP contribution in [-0.2, 0) is 6.54 Å². The number of Topliss-reactive ketones (excluding diaryl/α,β-unsaturated/α-hetero) is 1. The third-order valence-electron chi connectivity index (χ3n) is 4.74. The van der Waals surface area contributed by atoms with Gasteiger partial charge < -0.3 is 14.7 Å². The van der Waals surface area contributed by atoms with Crippen molar-refractivity contribution >= 4 is 11.9 Å². The number of ether oxygens (including phenoxy) is 1. The van der Waals surface area contributed by atoms with Crippen LogP contribution in [0.4, 0.5) is 0 Å². The van der Waals surface area contributed by atoms with Crippen molar-refractivity contribution in [2.45, 2.75) is 34.2 Å². The second-order valence-corrected chi connectivity index (χ2v) is 8.28. The number of hydrogen-bond acceptors (Lipinski definition) is 4. The van der Waals surface area contributed by atoms with Crippen LogP contribution >= 0.6 is 0 Å². The lowest BCUT2D eigenvalue weighted by Gasteiger charge is -2.24. The minimum Gasteiger partial charge on any atom is -0.507 e. The second-order valence-electron chi connectivity index (χ2n) is 8.28. The van der Waals surface area contributed by atoms with E-state index in [9.17, 15) is 9.90 Å². The highest BCUT2D eigenvalue weighted by Gasteiger charge is 2.32. The van der Waals surface area contributed by atoms with E-state index < -0.39 is 0 Å². The zero-order chi connectivity index (χ0) is 20.3. The van der Waals surface area contributed by atoms with Gasteiger partial charge in [0.1, 0.15) is 12.3 Å². The molecule has 0 bridgehead atoms. The van der Waals surface area contributed by atoms with Crippen LogP contribution in [0.2, 0.25) is 0 Å². The summed E-state index contributed by atoms with van der Waals surface area (Å²) >= 11 is 0. The predicted molar refractivity (Wildman–Crippen MR) is 109 cm³/mol. The van der Waals surface area contributed by atoms with Crippen molar-refractivity contribution in [3.05, 3.63) is 59.1 Å². The van der Waals surface area contributed by atoms with Crippen molar-refractivity contribution in [3.8, 4) is 11.5 Å². The number of quaternary nitrogens is 1. The summed E-state index contributed by atoms with van der Waals surface area (Å²) in [6, 6.07) is 6.89. The molecule has 0 radical (unpaired) electrons. The first-order valence-corrected chi connectivity index (χ1v) is 9.87. The SMILES string of the molecule is CC(C)C[NH+](Cc1c(O)ccc2c1O/C(=C\c1ccncc1)C2=O)CC(C)C. The molecule has 1 aliphatic rings. The summed E-state index contributed by atoms with van der Waals surface area (Å²) in [6.45, 7) is 11.4. The second kappa shape index (κ2) is 8.57. The van der Waals surface area contributed by atoms with Crippen LogP contribution in [0.5, 0.6) is 11.5 Å². The number of rotatable bonds is 7. The molecule has 0 aliphatic carbocycles. The molecular formula is C23H29N2O3+. The summed E-state index contributed by atoms with van der Waals surface area (Å²) in [5.41, 5.74) is 2.07. The van der Waals surface area contributed by atoms with E-state index in [0.717, 1.165) is 18.7 Å². The van der Waals surface area contributed by atoms with Gasteiger partial charge in [0, 0.05) is 24.2 Å². The van der Waals surface area contributed by atoms with E-state index in [1.54, 1.807) is 30.6 Å². The maximum absolute atomic E-state index is 12.8. The van der Waals surface area contributed by atoms with Gasteiger partial charge >= 0.3 is 0 Å². The molecule has 1 aromatic heterocycles. The number of fused-ring (bicyclic) bond motifs is 1. The number of ketones is 1. The molecule has 0 amide bonds. The van der Waals surface area contributed by atoms with Crippen LogP contribution in [-0.4, -0.2) is 29.0 Å². The number of pyridine rings is 1. The Hall–Kier alpha value is -2.66. The van der Waals surface area contributed by atoms with E-state index in [1.807, 2.05) is 12.1 Å². The van der Waals surface area contributed by atoms with Crippen molar-refractivity contribution in [1.82, 2.24) is 4.98 Å². The minimum absolute atomic E-state index is 0.151. The van der Waals surface area contributed by atoms with Crippen LogP contribution in [0.1, 0.15) is 49.2 Å². The Morgan fingerprint density at radius 2 is 1.71 bits per heavy atom. The molecule has 1 aliphatic heterocycles. The van der Waals surface area contributed by atoms with Gasteiger partial charge in [-0.15, -0.1) is 0 Å². The number of carbonyl (C=O) groups excluding carboxylic acids is 1. The van der Waals surface area contributed by atoms with Gasteiger partial charge in [-0.25, -0.2) is 0 Å². The average molecular weight is 381 g/mol. The third-order valence-corrected chi connectivity index (χ3v) is 4.74. The zero-order valence-electron chi connectivity index (χ0n) is 17.0. The van der Waals surface area contributed by atoms with Gasteiger partial charge in [0.05, 0.1) is 24.2 Å². The van der Waals surface area contributed by atoms with Gasteiger partial charge in [0.2, 0.25) is 5.78 Å². The standard InChI is InChI=1S/C23H28N2O3/c1-15(2)12-25(13-16(3)4)14-19-20(26)6-5-18-22(27)21(28-23(18)19)11-17-7-9-24-10-8-17/h5-11,15-16,26H,12-14H2,1-4H3/p+1/b21-11-. The molecule has 2 N–H and O–H groups in total. The van der Waals surface area contributed by atoms with E-state index in [0.29, 0.717) is 35.3 Å². The Morgan fingerprint density at radius 1 is 1.07 bits per heavy atom. The van der Waals surface area contributed by atoms with Crippen molar-refractivity contribution in [2.75, 3.05) is 13.1 Å². The number of benzene rings is 1. The lowest BCUT2D eigenvalue weighted by molar-refractivity contribution is -0.919. The van der Waals surface area contributed by atoms with Crippen LogP contribution in [0.25, 0.3) is 6.08 Å². The van der Waals surface area contributed by atoms with Crippen molar-refractivity contribution in [3.63, 3.8) is 0 Å². The number of nitrogens with one attached hydrogen (secondary N) is 1. The van der Waals surface area contributed by atoms with Gasteiger partial charge in [-0.1, -0.05) is 27.7 Å². The highest BCUT2D eigenvalue weighted by Crippen LogP contribution is 2.39. The van der Waals surface area contributed by atoms with E-state index in [2.05, 4.69) is 32.7 Å². The van der Waals surface area contributed by atoms with E-state index >= 15 is 0 Å².